The number of pyridine rings is 1. The van der Waals surface area contributed by atoms with E-state index in [4.69, 9.17) is 0 Å². The molecule has 2 rings (SSSR count). The maximum atomic E-state index is 12.3. The molecule has 7 heteroatoms. The maximum Gasteiger partial charge on any atom is 0.252 e. The first-order valence-electron chi connectivity index (χ1n) is 6.53. The van der Waals surface area contributed by atoms with Crippen molar-refractivity contribution in [2.75, 3.05) is 13.6 Å². The Bertz CT molecular complexity index is 647. The van der Waals surface area contributed by atoms with Gasteiger partial charge in [-0.3, -0.25) is 9.78 Å². The van der Waals surface area contributed by atoms with Crippen molar-refractivity contribution in [3.63, 3.8) is 0 Å². The van der Waals surface area contributed by atoms with Gasteiger partial charge >= 0.3 is 0 Å². The number of fused-ring (bicyclic) bond motifs is 1. The van der Waals surface area contributed by atoms with Crippen LogP contribution in [0.25, 0.3) is 10.9 Å². The number of nitrogens with zero attached hydrogens (tertiary/aromatic N) is 1. The molecular weight excluding hydrogens is 389 g/mol. The molecule has 0 radical (unpaired) electrons. The van der Waals surface area contributed by atoms with Gasteiger partial charge in [-0.1, -0.05) is 22.0 Å². The molecule has 22 heavy (non-hydrogen) atoms. The number of likely N-dealkylation sites (N-methyl/N-ethyl adjacent to an activating group) is 1. The SMILES string of the molecule is CNC(C)CNC(=O)c1cc(C)nc2cc(Br)ccc12.Cl.Cl. The molecule has 1 unspecified atom stereocenters. The van der Waals surface area contributed by atoms with Crippen molar-refractivity contribution in [1.82, 2.24) is 15.6 Å². The summed E-state index contributed by atoms with van der Waals surface area (Å²) in [6.07, 6.45) is 0. The summed E-state index contributed by atoms with van der Waals surface area (Å²) in [5.41, 5.74) is 2.33. The van der Waals surface area contributed by atoms with Crippen molar-refractivity contribution in [2.24, 2.45) is 0 Å². The molecule has 2 N–H and O–H groups in total. The quantitative estimate of drug-likeness (QED) is 0.813. The smallest absolute Gasteiger partial charge is 0.252 e. The van der Waals surface area contributed by atoms with Gasteiger partial charge in [0.25, 0.3) is 5.91 Å². The van der Waals surface area contributed by atoms with E-state index < -0.39 is 0 Å². The third-order valence-electron chi connectivity index (χ3n) is 3.21. The highest BCUT2D eigenvalue weighted by Crippen LogP contribution is 2.22. The molecule has 1 atom stereocenters. The molecule has 122 valence electrons. The van der Waals surface area contributed by atoms with Crippen LogP contribution in [0.3, 0.4) is 0 Å². The zero-order valence-corrected chi connectivity index (χ0v) is 15.9. The van der Waals surface area contributed by atoms with Gasteiger partial charge in [0.15, 0.2) is 0 Å². The predicted octanol–water partition coefficient (Wildman–Crippen LogP) is 3.49. The second-order valence-corrected chi connectivity index (χ2v) is 5.79. The number of carbonyl (C=O) groups excluding carboxylic acids is 1. The Balaban J connectivity index is 0.00000220. The molecule has 0 saturated carbocycles. The Labute approximate surface area is 151 Å². The highest BCUT2D eigenvalue weighted by molar-refractivity contribution is 9.10. The van der Waals surface area contributed by atoms with Crippen LogP contribution in [0.2, 0.25) is 0 Å². The normalized spacial score (nSPS) is 11.3. The van der Waals surface area contributed by atoms with Gasteiger partial charge in [-0.05, 0) is 39.1 Å². The number of halogens is 3. The fraction of sp³-hybridized carbons (Fsp3) is 0.333. The number of rotatable bonds is 4. The number of aromatic nitrogens is 1. The zero-order chi connectivity index (χ0) is 14.7. The van der Waals surface area contributed by atoms with Crippen molar-refractivity contribution >= 4 is 57.6 Å². The van der Waals surface area contributed by atoms with Crippen LogP contribution < -0.4 is 10.6 Å². The van der Waals surface area contributed by atoms with Gasteiger partial charge in [0, 0.05) is 28.1 Å². The number of carbonyl (C=O) groups is 1. The van der Waals surface area contributed by atoms with Crippen molar-refractivity contribution in [1.29, 1.82) is 0 Å². The van der Waals surface area contributed by atoms with Gasteiger partial charge in [0.2, 0.25) is 0 Å². The molecule has 0 aliphatic carbocycles. The van der Waals surface area contributed by atoms with Gasteiger partial charge in [-0.25, -0.2) is 0 Å². The van der Waals surface area contributed by atoms with Crippen molar-refractivity contribution in [2.45, 2.75) is 19.9 Å². The molecule has 0 saturated heterocycles. The molecule has 0 spiro atoms. The minimum Gasteiger partial charge on any atom is -0.350 e. The monoisotopic (exact) mass is 407 g/mol. The van der Waals surface area contributed by atoms with Crippen LogP contribution in [-0.2, 0) is 0 Å². The van der Waals surface area contributed by atoms with Crippen LogP contribution in [0.15, 0.2) is 28.7 Å². The molecule has 1 aromatic carbocycles. The lowest BCUT2D eigenvalue weighted by atomic mass is 10.1. The predicted molar refractivity (Wildman–Crippen MR) is 99.5 cm³/mol. The Morgan fingerprint density at radius 1 is 1.32 bits per heavy atom. The number of benzene rings is 1. The Morgan fingerprint density at radius 3 is 2.64 bits per heavy atom. The van der Waals surface area contributed by atoms with Gasteiger partial charge in [0.05, 0.1) is 11.1 Å². The highest BCUT2D eigenvalue weighted by Gasteiger charge is 2.12. The maximum absolute atomic E-state index is 12.3. The van der Waals surface area contributed by atoms with Crippen LogP contribution >= 0.6 is 40.7 Å². The summed E-state index contributed by atoms with van der Waals surface area (Å²) in [4.78, 5) is 16.8. The van der Waals surface area contributed by atoms with Crippen molar-refractivity contribution < 1.29 is 4.79 Å². The highest BCUT2D eigenvalue weighted by atomic mass is 79.9. The number of amides is 1. The molecule has 0 aliphatic rings. The summed E-state index contributed by atoms with van der Waals surface area (Å²) < 4.78 is 0.957. The van der Waals surface area contributed by atoms with Gasteiger partial charge < -0.3 is 10.6 Å². The topological polar surface area (TPSA) is 54.0 Å². The lowest BCUT2D eigenvalue weighted by Gasteiger charge is -2.13. The second kappa shape index (κ2) is 9.30. The first-order valence-corrected chi connectivity index (χ1v) is 7.33. The molecule has 0 fully saturated rings. The van der Waals surface area contributed by atoms with E-state index in [-0.39, 0.29) is 36.8 Å². The summed E-state index contributed by atoms with van der Waals surface area (Å²) in [5, 5.41) is 6.91. The fourth-order valence-electron chi connectivity index (χ4n) is 1.96. The molecular formula is C15H20BrCl2N3O. The standard InChI is InChI=1S/C15H18BrN3O.2ClH/c1-9-6-13(15(20)18-8-10(2)17-3)12-5-4-11(16)7-14(12)19-9;;/h4-7,10,17H,8H2,1-3H3,(H,18,20);2*1H. The second-order valence-electron chi connectivity index (χ2n) is 4.87. The fourth-order valence-corrected chi connectivity index (χ4v) is 2.31. The molecule has 2 aromatic rings. The van der Waals surface area contributed by atoms with Crippen LogP contribution in [0.4, 0.5) is 0 Å². The van der Waals surface area contributed by atoms with Crippen molar-refractivity contribution in [3.05, 3.63) is 40.0 Å². The number of hydrogen-bond acceptors (Lipinski definition) is 3. The average molecular weight is 409 g/mol. The molecule has 1 heterocycles. The summed E-state index contributed by atoms with van der Waals surface area (Å²) >= 11 is 3.43. The lowest BCUT2D eigenvalue weighted by Crippen LogP contribution is -2.37. The molecule has 1 aromatic heterocycles. The minimum absolute atomic E-state index is 0. The molecule has 1 amide bonds. The van der Waals surface area contributed by atoms with E-state index in [2.05, 4.69) is 31.5 Å². The van der Waals surface area contributed by atoms with Gasteiger partial charge in [-0.15, -0.1) is 24.8 Å². The van der Waals surface area contributed by atoms with Gasteiger partial charge in [0.1, 0.15) is 0 Å². The average Bonchev–Trinajstić information content (AvgIpc) is 2.42. The minimum atomic E-state index is -0.0649. The van der Waals surface area contributed by atoms with E-state index in [0.29, 0.717) is 12.1 Å². The Morgan fingerprint density at radius 2 is 2.00 bits per heavy atom. The third-order valence-corrected chi connectivity index (χ3v) is 3.70. The van der Waals surface area contributed by atoms with E-state index in [1.54, 1.807) is 0 Å². The molecule has 4 nitrogen and oxygen atoms in total. The van der Waals surface area contributed by atoms with E-state index in [0.717, 1.165) is 21.1 Å². The molecule has 0 bridgehead atoms. The van der Waals surface area contributed by atoms with E-state index >= 15 is 0 Å². The van der Waals surface area contributed by atoms with E-state index in [1.807, 2.05) is 45.2 Å². The molecule has 0 aliphatic heterocycles. The first-order chi connectivity index (χ1) is 9.51. The van der Waals surface area contributed by atoms with E-state index in [9.17, 15) is 4.79 Å². The van der Waals surface area contributed by atoms with Crippen LogP contribution in [0, 0.1) is 6.92 Å². The number of hydrogen-bond donors (Lipinski definition) is 2. The number of aryl methyl sites for hydroxylation is 1. The Kier molecular flexibility index (Phi) is 8.93. The van der Waals surface area contributed by atoms with Crippen LogP contribution in [0.5, 0.6) is 0 Å². The summed E-state index contributed by atoms with van der Waals surface area (Å²) in [5.74, 6) is -0.0649. The van der Waals surface area contributed by atoms with Crippen LogP contribution in [0.1, 0.15) is 23.0 Å². The summed E-state index contributed by atoms with van der Waals surface area (Å²) in [6.45, 7) is 4.51. The van der Waals surface area contributed by atoms with E-state index in [1.165, 1.54) is 0 Å². The van der Waals surface area contributed by atoms with Crippen molar-refractivity contribution in [3.8, 4) is 0 Å². The summed E-state index contributed by atoms with van der Waals surface area (Å²) in [6, 6.07) is 7.84. The first kappa shape index (κ1) is 21.1. The number of nitrogens with one attached hydrogen (secondary N) is 2. The Hall–Kier alpha value is -0.880. The third kappa shape index (κ3) is 5.09. The zero-order valence-electron chi connectivity index (χ0n) is 12.6. The van der Waals surface area contributed by atoms with Gasteiger partial charge in [-0.2, -0.15) is 0 Å². The van der Waals surface area contributed by atoms with Crippen LogP contribution in [-0.4, -0.2) is 30.5 Å². The summed E-state index contributed by atoms with van der Waals surface area (Å²) in [7, 11) is 1.88. The lowest BCUT2D eigenvalue weighted by molar-refractivity contribution is 0.0952. The largest absolute Gasteiger partial charge is 0.350 e.